The van der Waals surface area contributed by atoms with Crippen LogP contribution in [0.5, 0.6) is 5.75 Å². The van der Waals surface area contributed by atoms with Crippen LogP contribution in [0.1, 0.15) is 64.2 Å². The first-order valence-corrected chi connectivity index (χ1v) is 9.90. The van der Waals surface area contributed by atoms with Crippen LogP contribution in [0, 0.1) is 0 Å². The third-order valence-corrected chi connectivity index (χ3v) is 5.30. The van der Waals surface area contributed by atoms with Crippen molar-refractivity contribution in [3.05, 3.63) is 28.8 Å². The molecule has 0 saturated carbocycles. The average Bonchev–Trinajstić information content (AvgIpc) is 2.60. The van der Waals surface area contributed by atoms with Gasteiger partial charge in [0.25, 0.3) is 0 Å². The van der Waals surface area contributed by atoms with Gasteiger partial charge in [-0.25, -0.2) is 0 Å². The summed E-state index contributed by atoms with van der Waals surface area (Å²) in [5.41, 5.74) is 4.37. The SMILES string of the molecule is CCCN1Cc2cc(OCC)c(CN(CC)CC)cc2CC1CC. The van der Waals surface area contributed by atoms with Crippen molar-refractivity contribution in [2.24, 2.45) is 0 Å². The summed E-state index contributed by atoms with van der Waals surface area (Å²) in [5.74, 6) is 1.09. The summed E-state index contributed by atoms with van der Waals surface area (Å²) in [6.07, 6.45) is 3.64. The van der Waals surface area contributed by atoms with E-state index in [9.17, 15) is 0 Å². The highest BCUT2D eigenvalue weighted by Gasteiger charge is 2.25. The first kappa shape index (κ1) is 19.3. The molecule has 0 amide bonds. The first-order chi connectivity index (χ1) is 11.7. The molecule has 2 rings (SSSR count). The van der Waals surface area contributed by atoms with Crippen LogP contribution in [0.25, 0.3) is 0 Å². The molecule has 1 unspecified atom stereocenters. The minimum absolute atomic E-state index is 0.691. The highest BCUT2D eigenvalue weighted by molar-refractivity contribution is 5.44. The fourth-order valence-electron chi connectivity index (χ4n) is 3.84. The van der Waals surface area contributed by atoms with E-state index >= 15 is 0 Å². The Morgan fingerprint density at radius 2 is 1.83 bits per heavy atom. The standard InChI is InChI=1S/C21H36N2O/c1-6-11-23-16-18-14-21(24-10-5)19(15-22(8-3)9-4)12-17(18)13-20(23)7-2/h12,14,20H,6-11,13,15-16H2,1-5H3. The zero-order valence-corrected chi connectivity index (χ0v) is 16.4. The maximum absolute atomic E-state index is 6.00. The van der Waals surface area contributed by atoms with Crippen LogP contribution in [0.2, 0.25) is 0 Å². The van der Waals surface area contributed by atoms with Crippen LogP contribution in [0.4, 0.5) is 0 Å². The molecule has 1 aliphatic heterocycles. The van der Waals surface area contributed by atoms with Crippen LogP contribution < -0.4 is 4.74 Å². The molecule has 1 aromatic rings. The van der Waals surface area contributed by atoms with Gasteiger partial charge in [-0.2, -0.15) is 0 Å². The Hall–Kier alpha value is -1.06. The lowest BCUT2D eigenvalue weighted by Gasteiger charge is -2.37. The number of ether oxygens (including phenoxy) is 1. The maximum atomic E-state index is 6.00. The Balaban J connectivity index is 2.31. The van der Waals surface area contributed by atoms with Crippen molar-refractivity contribution in [1.82, 2.24) is 9.80 Å². The molecule has 0 bridgehead atoms. The molecule has 3 heteroatoms. The minimum atomic E-state index is 0.691. The van der Waals surface area contributed by atoms with E-state index in [1.807, 2.05) is 0 Å². The molecular formula is C21H36N2O. The summed E-state index contributed by atoms with van der Waals surface area (Å²) in [6, 6.07) is 5.45. The molecule has 0 aliphatic carbocycles. The smallest absolute Gasteiger partial charge is 0.124 e. The second-order valence-electron chi connectivity index (χ2n) is 6.86. The van der Waals surface area contributed by atoms with Crippen molar-refractivity contribution < 1.29 is 4.74 Å². The maximum Gasteiger partial charge on any atom is 0.124 e. The van der Waals surface area contributed by atoms with Crippen LogP contribution in [0.15, 0.2) is 12.1 Å². The Morgan fingerprint density at radius 1 is 1.08 bits per heavy atom. The van der Waals surface area contributed by atoms with Crippen molar-refractivity contribution >= 4 is 0 Å². The van der Waals surface area contributed by atoms with E-state index in [0.717, 1.165) is 38.5 Å². The molecule has 0 aromatic heterocycles. The van der Waals surface area contributed by atoms with Crippen LogP contribution in [0.3, 0.4) is 0 Å². The molecule has 1 aliphatic rings. The molecule has 0 spiro atoms. The fourth-order valence-corrected chi connectivity index (χ4v) is 3.84. The molecule has 0 radical (unpaired) electrons. The Labute approximate surface area is 149 Å². The summed E-state index contributed by atoms with van der Waals surface area (Å²) in [6.45, 7) is 17.3. The summed E-state index contributed by atoms with van der Waals surface area (Å²) in [7, 11) is 0. The molecule has 0 saturated heterocycles. The number of benzene rings is 1. The molecule has 0 fully saturated rings. The zero-order valence-electron chi connectivity index (χ0n) is 16.4. The minimum Gasteiger partial charge on any atom is -0.494 e. The summed E-state index contributed by atoms with van der Waals surface area (Å²) < 4.78 is 6.00. The third kappa shape index (κ3) is 4.52. The molecule has 1 atom stereocenters. The summed E-state index contributed by atoms with van der Waals surface area (Å²) in [4.78, 5) is 5.12. The van der Waals surface area contributed by atoms with Gasteiger partial charge in [-0.1, -0.05) is 33.8 Å². The van der Waals surface area contributed by atoms with Gasteiger partial charge in [0.05, 0.1) is 6.61 Å². The highest BCUT2D eigenvalue weighted by Crippen LogP contribution is 2.32. The van der Waals surface area contributed by atoms with Crippen molar-refractivity contribution in [2.45, 2.75) is 73.0 Å². The van der Waals surface area contributed by atoms with E-state index in [-0.39, 0.29) is 0 Å². The summed E-state index contributed by atoms with van der Waals surface area (Å²) in [5, 5.41) is 0. The van der Waals surface area contributed by atoms with Gasteiger partial charge < -0.3 is 4.74 Å². The lowest BCUT2D eigenvalue weighted by Crippen LogP contribution is -2.40. The largest absolute Gasteiger partial charge is 0.494 e. The molecule has 0 N–H and O–H groups in total. The lowest BCUT2D eigenvalue weighted by atomic mass is 9.90. The van der Waals surface area contributed by atoms with E-state index in [0.29, 0.717) is 6.04 Å². The number of hydrogen-bond donors (Lipinski definition) is 0. The predicted molar refractivity (Wildman–Crippen MR) is 103 cm³/mol. The second-order valence-corrected chi connectivity index (χ2v) is 6.86. The third-order valence-electron chi connectivity index (χ3n) is 5.30. The quantitative estimate of drug-likeness (QED) is 0.663. The molecular weight excluding hydrogens is 296 g/mol. The van der Waals surface area contributed by atoms with Crippen molar-refractivity contribution in [3.63, 3.8) is 0 Å². The number of nitrogens with zero attached hydrogens (tertiary/aromatic N) is 2. The van der Waals surface area contributed by atoms with E-state index < -0.39 is 0 Å². The molecule has 1 heterocycles. The van der Waals surface area contributed by atoms with E-state index in [2.05, 4.69) is 56.6 Å². The highest BCUT2D eigenvalue weighted by atomic mass is 16.5. The Kier molecular flexibility index (Phi) is 7.57. The molecule has 136 valence electrons. The van der Waals surface area contributed by atoms with E-state index in [1.54, 1.807) is 5.56 Å². The second kappa shape index (κ2) is 9.43. The summed E-state index contributed by atoms with van der Waals surface area (Å²) >= 11 is 0. The van der Waals surface area contributed by atoms with E-state index in [4.69, 9.17) is 4.74 Å². The monoisotopic (exact) mass is 332 g/mol. The van der Waals surface area contributed by atoms with Crippen molar-refractivity contribution in [1.29, 1.82) is 0 Å². The van der Waals surface area contributed by atoms with Gasteiger partial charge in [-0.15, -0.1) is 0 Å². The topological polar surface area (TPSA) is 15.7 Å². The van der Waals surface area contributed by atoms with Crippen molar-refractivity contribution in [3.8, 4) is 5.75 Å². The van der Waals surface area contributed by atoms with Crippen LogP contribution in [-0.4, -0.2) is 42.1 Å². The normalized spacial score (nSPS) is 18.0. The van der Waals surface area contributed by atoms with Gasteiger partial charge in [0.1, 0.15) is 5.75 Å². The van der Waals surface area contributed by atoms with Crippen molar-refractivity contribution in [2.75, 3.05) is 26.2 Å². The van der Waals surface area contributed by atoms with Gasteiger partial charge in [-0.3, -0.25) is 9.80 Å². The molecule has 1 aromatic carbocycles. The van der Waals surface area contributed by atoms with Gasteiger partial charge in [0.2, 0.25) is 0 Å². The molecule has 3 nitrogen and oxygen atoms in total. The Morgan fingerprint density at radius 3 is 2.42 bits per heavy atom. The Bertz CT molecular complexity index is 511. The van der Waals surface area contributed by atoms with Crippen LogP contribution >= 0.6 is 0 Å². The van der Waals surface area contributed by atoms with E-state index in [1.165, 1.54) is 36.9 Å². The number of hydrogen-bond acceptors (Lipinski definition) is 3. The predicted octanol–water partition coefficient (Wildman–Crippen LogP) is 4.47. The van der Waals surface area contributed by atoms with Gasteiger partial charge in [0.15, 0.2) is 0 Å². The zero-order chi connectivity index (χ0) is 17.5. The van der Waals surface area contributed by atoms with Gasteiger partial charge in [-0.05, 0) is 63.0 Å². The fraction of sp³-hybridized carbons (Fsp3) is 0.714. The first-order valence-electron chi connectivity index (χ1n) is 9.90. The molecule has 24 heavy (non-hydrogen) atoms. The number of fused-ring (bicyclic) bond motifs is 1. The van der Waals surface area contributed by atoms with Gasteiger partial charge >= 0.3 is 0 Å². The average molecular weight is 333 g/mol. The van der Waals surface area contributed by atoms with Crippen LogP contribution in [-0.2, 0) is 19.5 Å². The lowest BCUT2D eigenvalue weighted by molar-refractivity contribution is 0.166. The number of rotatable bonds is 9. The van der Waals surface area contributed by atoms with Gasteiger partial charge in [0, 0.05) is 24.7 Å².